The zero-order chi connectivity index (χ0) is 25.2. The lowest BCUT2D eigenvalue weighted by atomic mass is 9.94. The normalized spacial score (nSPS) is 25.8. The predicted octanol–water partition coefficient (Wildman–Crippen LogP) is 5.90. The molecule has 184 valence electrons. The predicted molar refractivity (Wildman–Crippen MR) is 135 cm³/mol. The number of carbonyl (C=O) groups excluding carboxylic acids is 1. The Labute approximate surface area is 205 Å². The summed E-state index contributed by atoms with van der Waals surface area (Å²) in [5.74, 6) is -0.718. The highest BCUT2D eigenvalue weighted by Gasteiger charge is 2.45. The third-order valence-corrected chi connectivity index (χ3v) is 6.93. The standard InChI is InChI=1S/C29H32F2N2O2/c1-28(2)14-15-29(3,33(28)35)13-4-16-32-19-23(17-21-5-9-25(30)10-6-21)27(34)24(20-32)18-22-7-11-26(31)12-8-22/h4-13,17-18,35H,14-16,19-20H2,1-3H3/b13-4+,23-17+,24-18+. The van der Waals surface area contributed by atoms with Crippen molar-refractivity contribution in [2.75, 3.05) is 19.6 Å². The lowest BCUT2D eigenvalue weighted by molar-refractivity contribution is -0.183. The van der Waals surface area contributed by atoms with Crippen molar-refractivity contribution < 1.29 is 18.8 Å². The van der Waals surface area contributed by atoms with Gasteiger partial charge in [-0.3, -0.25) is 9.69 Å². The molecule has 1 N–H and O–H groups in total. The minimum atomic E-state index is -0.436. The second-order valence-electron chi connectivity index (χ2n) is 10.3. The van der Waals surface area contributed by atoms with Crippen LogP contribution in [0, 0.1) is 11.6 Å². The summed E-state index contributed by atoms with van der Waals surface area (Å²) < 4.78 is 26.7. The lowest BCUT2D eigenvalue weighted by Gasteiger charge is -2.35. The molecule has 0 aromatic heterocycles. The van der Waals surface area contributed by atoms with Gasteiger partial charge in [0.15, 0.2) is 5.78 Å². The molecule has 2 aromatic rings. The molecule has 0 aliphatic carbocycles. The third kappa shape index (κ3) is 5.84. The van der Waals surface area contributed by atoms with E-state index in [9.17, 15) is 18.8 Å². The maximum atomic E-state index is 13.4. The van der Waals surface area contributed by atoms with Gasteiger partial charge < -0.3 is 5.21 Å². The fourth-order valence-corrected chi connectivity index (χ4v) is 4.83. The number of piperidine rings is 1. The van der Waals surface area contributed by atoms with E-state index < -0.39 is 5.54 Å². The maximum Gasteiger partial charge on any atom is 0.187 e. The molecule has 0 saturated carbocycles. The van der Waals surface area contributed by atoms with Crippen molar-refractivity contribution in [2.45, 2.75) is 44.7 Å². The smallest absolute Gasteiger partial charge is 0.187 e. The Hall–Kier alpha value is -2.93. The average Bonchev–Trinajstić information content (AvgIpc) is 3.03. The highest BCUT2D eigenvalue weighted by molar-refractivity contribution is 6.14. The van der Waals surface area contributed by atoms with Crippen molar-refractivity contribution >= 4 is 17.9 Å². The van der Waals surface area contributed by atoms with Crippen molar-refractivity contribution in [3.05, 3.63) is 94.6 Å². The molecule has 2 fully saturated rings. The molecule has 2 heterocycles. The molecule has 6 heteroatoms. The minimum absolute atomic E-state index is 0.0649. The summed E-state index contributed by atoms with van der Waals surface area (Å²) in [4.78, 5) is 15.4. The number of carbonyl (C=O) groups is 1. The summed E-state index contributed by atoms with van der Waals surface area (Å²) in [6.07, 6.45) is 9.45. The monoisotopic (exact) mass is 478 g/mol. The highest BCUT2D eigenvalue weighted by Crippen LogP contribution is 2.39. The van der Waals surface area contributed by atoms with Crippen LogP contribution in [0.25, 0.3) is 12.2 Å². The van der Waals surface area contributed by atoms with E-state index in [0.717, 1.165) is 24.0 Å². The van der Waals surface area contributed by atoms with Gasteiger partial charge in [-0.25, -0.2) is 8.78 Å². The van der Waals surface area contributed by atoms with Gasteiger partial charge in [-0.2, -0.15) is 5.06 Å². The first kappa shape index (κ1) is 25.2. The van der Waals surface area contributed by atoms with E-state index >= 15 is 0 Å². The molecule has 0 spiro atoms. The van der Waals surface area contributed by atoms with E-state index in [1.807, 2.05) is 32.9 Å². The van der Waals surface area contributed by atoms with Crippen molar-refractivity contribution in [2.24, 2.45) is 0 Å². The van der Waals surface area contributed by atoms with Crippen LogP contribution in [0.4, 0.5) is 8.78 Å². The summed E-state index contributed by atoms with van der Waals surface area (Å²) >= 11 is 0. The Bertz CT molecular complexity index is 1100. The molecule has 0 amide bonds. The van der Waals surface area contributed by atoms with Crippen LogP contribution in [0.3, 0.4) is 0 Å². The van der Waals surface area contributed by atoms with Crippen LogP contribution in [0.5, 0.6) is 0 Å². The highest BCUT2D eigenvalue weighted by atomic mass is 19.1. The van der Waals surface area contributed by atoms with Gasteiger partial charge in [0.1, 0.15) is 11.6 Å². The SMILES string of the molecule is CC1(C)CCC(C)(/C=C/CN2C/C(=C\c3ccc(F)cc3)C(=O)/C(=C/c3ccc(F)cc3)C2)N1O. The number of halogens is 2. The first-order chi connectivity index (χ1) is 16.6. The first-order valence-corrected chi connectivity index (χ1v) is 11.9. The Morgan fingerprint density at radius 1 is 0.857 bits per heavy atom. The first-order valence-electron chi connectivity index (χ1n) is 11.9. The number of ketones is 1. The van der Waals surface area contributed by atoms with Crippen LogP contribution in [0.15, 0.2) is 71.8 Å². The lowest BCUT2D eigenvalue weighted by Crippen LogP contribution is -2.46. The molecule has 2 aromatic carbocycles. The van der Waals surface area contributed by atoms with Crippen molar-refractivity contribution in [3.63, 3.8) is 0 Å². The van der Waals surface area contributed by atoms with Gasteiger partial charge in [0, 0.05) is 36.3 Å². The van der Waals surface area contributed by atoms with E-state index in [1.165, 1.54) is 29.3 Å². The van der Waals surface area contributed by atoms with Crippen LogP contribution in [-0.4, -0.2) is 51.7 Å². The molecule has 0 bridgehead atoms. The average molecular weight is 479 g/mol. The Morgan fingerprint density at radius 3 is 1.77 bits per heavy atom. The van der Waals surface area contributed by atoms with E-state index in [4.69, 9.17) is 0 Å². The molecular weight excluding hydrogens is 446 g/mol. The van der Waals surface area contributed by atoms with Crippen molar-refractivity contribution in [1.29, 1.82) is 0 Å². The summed E-state index contributed by atoms with van der Waals surface area (Å²) in [7, 11) is 0. The van der Waals surface area contributed by atoms with E-state index in [-0.39, 0.29) is 23.0 Å². The molecule has 2 aliphatic heterocycles. The number of likely N-dealkylation sites (tertiary alicyclic amines) is 1. The molecule has 1 atom stereocenters. The molecule has 4 nitrogen and oxygen atoms in total. The quantitative estimate of drug-likeness (QED) is 0.430. The summed E-state index contributed by atoms with van der Waals surface area (Å²) in [6, 6.07) is 12.1. The summed E-state index contributed by atoms with van der Waals surface area (Å²) in [5, 5.41) is 12.1. The van der Waals surface area contributed by atoms with Crippen LogP contribution >= 0.6 is 0 Å². The molecule has 2 aliphatic rings. The minimum Gasteiger partial charge on any atom is -0.313 e. The van der Waals surface area contributed by atoms with Gasteiger partial charge in [0.25, 0.3) is 0 Å². The van der Waals surface area contributed by atoms with E-state index in [1.54, 1.807) is 36.4 Å². The van der Waals surface area contributed by atoms with E-state index in [2.05, 4.69) is 4.90 Å². The second kappa shape index (κ2) is 9.97. The molecular formula is C29H32F2N2O2. The zero-order valence-corrected chi connectivity index (χ0v) is 20.5. The van der Waals surface area contributed by atoms with Crippen LogP contribution in [0.2, 0.25) is 0 Å². The molecule has 4 rings (SSSR count). The van der Waals surface area contributed by atoms with Crippen LogP contribution < -0.4 is 0 Å². The summed E-state index contributed by atoms with van der Waals surface area (Å²) in [5.41, 5.74) is 2.03. The number of hydrogen-bond acceptors (Lipinski definition) is 4. The van der Waals surface area contributed by atoms with Gasteiger partial charge in [-0.1, -0.05) is 36.4 Å². The largest absolute Gasteiger partial charge is 0.313 e. The fourth-order valence-electron chi connectivity index (χ4n) is 4.83. The van der Waals surface area contributed by atoms with Gasteiger partial charge in [0.05, 0.1) is 5.54 Å². The molecule has 35 heavy (non-hydrogen) atoms. The van der Waals surface area contributed by atoms with Gasteiger partial charge in [-0.05, 0) is 81.2 Å². The fraction of sp³-hybridized carbons (Fsp3) is 0.345. The van der Waals surface area contributed by atoms with Crippen LogP contribution in [-0.2, 0) is 4.79 Å². The number of nitrogens with zero attached hydrogens (tertiary/aromatic N) is 2. The van der Waals surface area contributed by atoms with Gasteiger partial charge in [0.2, 0.25) is 0 Å². The molecule has 2 saturated heterocycles. The molecule has 1 unspecified atom stereocenters. The van der Waals surface area contributed by atoms with Crippen molar-refractivity contribution in [1.82, 2.24) is 9.96 Å². The number of rotatable bonds is 5. The van der Waals surface area contributed by atoms with Gasteiger partial charge in [-0.15, -0.1) is 0 Å². The Balaban J connectivity index is 1.58. The van der Waals surface area contributed by atoms with Crippen LogP contribution in [0.1, 0.15) is 44.7 Å². The maximum absolute atomic E-state index is 13.4. The number of Topliss-reactive ketones (excluding diaryl/α,β-unsaturated/α-hetero) is 1. The molecule has 0 radical (unpaired) electrons. The number of benzene rings is 2. The zero-order valence-electron chi connectivity index (χ0n) is 20.5. The number of hydrogen-bond donors (Lipinski definition) is 1. The topological polar surface area (TPSA) is 43.8 Å². The van der Waals surface area contributed by atoms with Gasteiger partial charge >= 0.3 is 0 Å². The number of hydroxylamine groups is 2. The third-order valence-electron chi connectivity index (χ3n) is 6.93. The Kier molecular flexibility index (Phi) is 7.17. The van der Waals surface area contributed by atoms with Crippen molar-refractivity contribution in [3.8, 4) is 0 Å². The Morgan fingerprint density at radius 2 is 1.34 bits per heavy atom. The van der Waals surface area contributed by atoms with E-state index in [0.29, 0.717) is 30.8 Å². The summed E-state index contributed by atoms with van der Waals surface area (Å²) in [6.45, 7) is 7.58. The second-order valence-corrected chi connectivity index (χ2v) is 10.3.